The van der Waals surface area contributed by atoms with Gasteiger partial charge < -0.3 is 15.8 Å². The van der Waals surface area contributed by atoms with E-state index >= 15 is 0 Å². The Hall–Kier alpha value is -1.56. The van der Waals surface area contributed by atoms with E-state index in [0.29, 0.717) is 15.7 Å². The first kappa shape index (κ1) is 14.5. The number of benzene rings is 1. The lowest BCUT2D eigenvalue weighted by molar-refractivity contribution is -0.124. The third-order valence-corrected chi connectivity index (χ3v) is 2.74. The number of hydrogen-bond acceptors (Lipinski definition) is 4. The number of amides is 1. The van der Waals surface area contributed by atoms with Crippen LogP contribution >= 0.6 is 15.9 Å². The summed E-state index contributed by atoms with van der Waals surface area (Å²) in [5, 5.41) is 2.62. The van der Waals surface area contributed by atoms with Crippen LogP contribution in [0.2, 0.25) is 0 Å². The average molecular weight is 315 g/mol. The van der Waals surface area contributed by atoms with Crippen molar-refractivity contribution >= 4 is 33.5 Å². The van der Waals surface area contributed by atoms with Crippen molar-refractivity contribution in [3.63, 3.8) is 0 Å². The van der Waals surface area contributed by atoms with Gasteiger partial charge in [-0.3, -0.25) is 4.79 Å². The van der Waals surface area contributed by atoms with Gasteiger partial charge in [-0.1, -0.05) is 0 Å². The highest BCUT2D eigenvalue weighted by molar-refractivity contribution is 9.10. The maximum absolute atomic E-state index is 11.6. The number of carbonyl (C=O) groups excluding carboxylic acids is 2. The van der Waals surface area contributed by atoms with Crippen molar-refractivity contribution in [2.75, 3.05) is 12.3 Å². The molecule has 0 saturated carbocycles. The Bertz CT molecular complexity index is 461. The number of ether oxygens (including phenoxy) is 1. The van der Waals surface area contributed by atoms with E-state index in [0.717, 1.165) is 0 Å². The minimum Gasteiger partial charge on any atom is -0.452 e. The van der Waals surface area contributed by atoms with Crippen LogP contribution in [0, 0.1) is 0 Å². The summed E-state index contributed by atoms with van der Waals surface area (Å²) in [6, 6.07) is 4.73. The number of esters is 1. The molecule has 1 rings (SSSR count). The minimum absolute atomic E-state index is 0.0135. The first-order chi connectivity index (χ1) is 8.40. The second kappa shape index (κ2) is 6.39. The molecule has 18 heavy (non-hydrogen) atoms. The van der Waals surface area contributed by atoms with Crippen LogP contribution in [0.15, 0.2) is 22.7 Å². The van der Waals surface area contributed by atoms with Gasteiger partial charge in [-0.2, -0.15) is 0 Å². The molecular formula is C12H15BrN2O3. The molecule has 5 nitrogen and oxygen atoms in total. The smallest absolute Gasteiger partial charge is 0.338 e. The van der Waals surface area contributed by atoms with Crippen molar-refractivity contribution in [1.29, 1.82) is 0 Å². The summed E-state index contributed by atoms with van der Waals surface area (Å²) in [5.74, 6) is -0.906. The molecule has 0 aromatic heterocycles. The molecule has 0 saturated heterocycles. The molecule has 0 spiro atoms. The molecule has 1 aromatic carbocycles. The number of nitrogens with two attached hydrogens (primary N) is 1. The highest BCUT2D eigenvalue weighted by Gasteiger charge is 2.11. The third kappa shape index (κ3) is 4.37. The van der Waals surface area contributed by atoms with Crippen molar-refractivity contribution < 1.29 is 14.3 Å². The Morgan fingerprint density at radius 3 is 2.67 bits per heavy atom. The van der Waals surface area contributed by atoms with E-state index in [2.05, 4.69) is 21.2 Å². The summed E-state index contributed by atoms with van der Waals surface area (Å²) < 4.78 is 5.57. The van der Waals surface area contributed by atoms with E-state index in [-0.39, 0.29) is 18.6 Å². The highest BCUT2D eigenvalue weighted by Crippen LogP contribution is 2.20. The van der Waals surface area contributed by atoms with Gasteiger partial charge in [0.1, 0.15) is 0 Å². The SMILES string of the molecule is CC(C)NC(=O)COC(=O)c1ccc(Br)c(N)c1. The fraction of sp³-hybridized carbons (Fsp3) is 0.333. The summed E-state index contributed by atoms with van der Waals surface area (Å²) >= 11 is 3.23. The molecule has 3 N–H and O–H groups in total. The molecule has 98 valence electrons. The van der Waals surface area contributed by atoms with Crippen molar-refractivity contribution in [3.8, 4) is 0 Å². The zero-order chi connectivity index (χ0) is 13.7. The molecule has 0 heterocycles. The third-order valence-electron chi connectivity index (χ3n) is 2.02. The van der Waals surface area contributed by atoms with Crippen molar-refractivity contribution in [2.45, 2.75) is 19.9 Å². The van der Waals surface area contributed by atoms with Crippen LogP contribution in [-0.2, 0) is 9.53 Å². The molecule has 0 fully saturated rings. The first-order valence-electron chi connectivity index (χ1n) is 5.41. The Morgan fingerprint density at radius 1 is 1.44 bits per heavy atom. The van der Waals surface area contributed by atoms with Gasteiger partial charge >= 0.3 is 5.97 Å². The summed E-state index contributed by atoms with van der Waals surface area (Å²) in [7, 11) is 0. The number of nitrogens with one attached hydrogen (secondary N) is 1. The Labute approximate surface area is 114 Å². The number of halogens is 1. The fourth-order valence-corrected chi connectivity index (χ4v) is 1.50. The fourth-order valence-electron chi connectivity index (χ4n) is 1.25. The molecule has 0 aliphatic heterocycles. The monoisotopic (exact) mass is 314 g/mol. The molecule has 0 aliphatic rings. The van der Waals surface area contributed by atoms with Crippen LogP contribution in [0.25, 0.3) is 0 Å². The van der Waals surface area contributed by atoms with E-state index in [1.165, 1.54) is 6.07 Å². The molecule has 0 unspecified atom stereocenters. The zero-order valence-corrected chi connectivity index (χ0v) is 11.8. The minimum atomic E-state index is -0.576. The number of hydrogen-bond donors (Lipinski definition) is 2. The summed E-state index contributed by atoms with van der Waals surface area (Å²) in [4.78, 5) is 22.9. The summed E-state index contributed by atoms with van der Waals surface area (Å²) in [6.45, 7) is 3.36. The van der Waals surface area contributed by atoms with Gasteiger partial charge in [0.05, 0.1) is 5.56 Å². The predicted octanol–water partition coefficient (Wildman–Crippen LogP) is 1.71. The molecule has 1 aromatic rings. The molecular weight excluding hydrogens is 300 g/mol. The van der Waals surface area contributed by atoms with E-state index in [9.17, 15) is 9.59 Å². The second-order valence-electron chi connectivity index (χ2n) is 4.03. The van der Waals surface area contributed by atoms with Crippen LogP contribution < -0.4 is 11.1 Å². The van der Waals surface area contributed by atoms with Gasteiger partial charge in [0.25, 0.3) is 5.91 Å². The zero-order valence-electron chi connectivity index (χ0n) is 10.2. The Kier molecular flexibility index (Phi) is 5.15. The van der Waals surface area contributed by atoms with Crippen molar-refractivity contribution in [1.82, 2.24) is 5.32 Å². The van der Waals surface area contributed by atoms with E-state index < -0.39 is 5.97 Å². The van der Waals surface area contributed by atoms with Crippen LogP contribution in [0.4, 0.5) is 5.69 Å². The van der Waals surface area contributed by atoms with Crippen molar-refractivity contribution in [3.05, 3.63) is 28.2 Å². The van der Waals surface area contributed by atoms with Gasteiger partial charge in [-0.05, 0) is 48.0 Å². The lowest BCUT2D eigenvalue weighted by Gasteiger charge is -2.09. The predicted molar refractivity (Wildman–Crippen MR) is 72.1 cm³/mol. The van der Waals surface area contributed by atoms with E-state index in [1.807, 2.05) is 13.8 Å². The standard InChI is InChI=1S/C12H15BrN2O3/c1-7(2)15-11(16)6-18-12(17)8-3-4-9(13)10(14)5-8/h3-5,7H,6,14H2,1-2H3,(H,15,16). The number of rotatable bonds is 4. The van der Waals surface area contributed by atoms with Crippen LogP contribution in [0.3, 0.4) is 0 Å². The average Bonchev–Trinajstić information content (AvgIpc) is 2.28. The lowest BCUT2D eigenvalue weighted by atomic mass is 10.2. The summed E-state index contributed by atoms with van der Waals surface area (Å²) in [6.07, 6.45) is 0. The molecule has 0 bridgehead atoms. The topological polar surface area (TPSA) is 81.4 Å². The van der Waals surface area contributed by atoms with Crippen LogP contribution in [0.1, 0.15) is 24.2 Å². The molecule has 0 aliphatic carbocycles. The molecule has 0 atom stereocenters. The molecule has 0 radical (unpaired) electrons. The normalized spacial score (nSPS) is 10.2. The van der Waals surface area contributed by atoms with Gasteiger partial charge in [-0.25, -0.2) is 4.79 Å². The maximum atomic E-state index is 11.6. The largest absolute Gasteiger partial charge is 0.452 e. The van der Waals surface area contributed by atoms with Gasteiger partial charge in [0, 0.05) is 16.2 Å². The molecule has 6 heteroatoms. The van der Waals surface area contributed by atoms with Gasteiger partial charge in [0.2, 0.25) is 0 Å². The van der Waals surface area contributed by atoms with Crippen molar-refractivity contribution in [2.24, 2.45) is 0 Å². The quantitative estimate of drug-likeness (QED) is 0.655. The van der Waals surface area contributed by atoms with Gasteiger partial charge in [-0.15, -0.1) is 0 Å². The Balaban J connectivity index is 2.55. The van der Waals surface area contributed by atoms with Gasteiger partial charge in [0.15, 0.2) is 6.61 Å². The Morgan fingerprint density at radius 2 is 2.11 bits per heavy atom. The lowest BCUT2D eigenvalue weighted by Crippen LogP contribution is -2.33. The number of anilines is 1. The van der Waals surface area contributed by atoms with E-state index in [4.69, 9.17) is 10.5 Å². The highest BCUT2D eigenvalue weighted by atomic mass is 79.9. The van der Waals surface area contributed by atoms with Crippen LogP contribution in [0.5, 0.6) is 0 Å². The van der Waals surface area contributed by atoms with Crippen LogP contribution in [-0.4, -0.2) is 24.5 Å². The molecule has 1 amide bonds. The number of nitrogen functional groups attached to an aromatic ring is 1. The van der Waals surface area contributed by atoms with E-state index in [1.54, 1.807) is 12.1 Å². The second-order valence-corrected chi connectivity index (χ2v) is 4.89. The summed E-state index contributed by atoms with van der Waals surface area (Å²) in [5.41, 5.74) is 6.40. The number of carbonyl (C=O) groups is 2. The first-order valence-corrected chi connectivity index (χ1v) is 6.21. The maximum Gasteiger partial charge on any atom is 0.338 e.